The molecule has 0 spiro atoms. The van der Waals surface area contributed by atoms with Gasteiger partial charge in [-0.05, 0) is 61.6 Å². The summed E-state index contributed by atoms with van der Waals surface area (Å²) in [4.78, 5) is 13.0. The van der Waals surface area contributed by atoms with Gasteiger partial charge in [-0.3, -0.25) is 4.79 Å². The third-order valence-electron chi connectivity index (χ3n) is 4.41. The van der Waals surface area contributed by atoms with Gasteiger partial charge in [-0.1, -0.05) is 18.2 Å². The van der Waals surface area contributed by atoms with E-state index >= 15 is 0 Å². The largest absolute Gasteiger partial charge is 0.494 e. The number of nitrogens with zero attached hydrogens (tertiary/aromatic N) is 1. The van der Waals surface area contributed by atoms with E-state index in [-0.39, 0.29) is 6.17 Å². The Morgan fingerprint density at radius 2 is 2.08 bits per heavy atom. The van der Waals surface area contributed by atoms with E-state index in [1.54, 1.807) is 0 Å². The average molecular weight is 324 g/mol. The standard InChI is InChI=1S/C20H24N2O2/c1-15-6-5-8-17(12-15)24-11-4-3-7-16-9-10-18-19(13-16)22(2)20(14-23)21-18/h5-6,8-10,12-14,20-21H,3-4,7,11H2,1-2H3. The molecule has 3 rings (SSSR count). The molecule has 0 bridgehead atoms. The van der Waals surface area contributed by atoms with Crippen LogP contribution in [0.25, 0.3) is 0 Å². The van der Waals surface area contributed by atoms with Crippen LogP contribution in [0.4, 0.5) is 11.4 Å². The third kappa shape index (κ3) is 3.70. The molecule has 4 nitrogen and oxygen atoms in total. The molecule has 0 saturated carbocycles. The molecule has 1 heterocycles. The third-order valence-corrected chi connectivity index (χ3v) is 4.41. The fourth-order valence-electron chi connectivity index (χ4n) is 3.00. The van der Waals surface area contributed by atoms with Crippen LogP contribution in [0.2, 0.25) is 0 Å². The minimum Gasteiger partial charge on any atom is -0.494 e. The molecular formula is C20H24N2O2. The molecule has 1 unspecified atom stereocenters. The van der Waals surface area contributed by atoms with Gasteiger partial charge < -0.3 is 15.0 Å². The number of benzene rings is 2. The Morgan fingerprint density at radius 3 is 2.88 bits per heavy atom. The molecule has 0 amide bonds. The van der Waals surface area contributed by atoms with Crippen molar-refractivity contribution < 1.29 is 9.53 Å². The molecule has 0 fully saturated rings. The zero-order chi connectivity index (χ0) is 16.9. The van der Waals surface area contributed by atoms with Crippen molar-refractivity contribution in [3.8, 4) is 5.75 Å². The van der Waals surface area contributed by atoms with Crippen molar-refractivity contribution in [3.63, 3.8) is 0 Å². The van der Waals surface area contributed by atoms with E-state index in [0.29, 0.717) is 0 Å². The fourth-order valence-corrected chi connectivity index (χ4v) is 3.00. The first-order chi connectivity index (χ1) is 11.7. The monoisotopic (exact) mass is 324 g/mol. The molecule has 24 heavy (non-hydrogen) atoms. The van der Waals surface area contributed by atoms with Gasteiger partial charge in [0.2, 0.25) is 0 Å². The number of unbranched alkanes of at least 4 members (excludes halogenated alkanes) is 1. The summed E-state index contributed by atoms with van der Waals surface area (Å²) in [6.45, 7) is 2.81. The second-order valence-corrected chi connectivity index (χ2v) is 6.31. The molecule has 2 aromatic carbocycles. The molecule has 4 heteroatoms. The lowest BCUT2D eigenvalue weighted by Gasteiger charge is -2.16. The van der Waals surface area contributed by atoms with Crippen molar-refractivity contribution in [1.29, 1.82) is 0 Å². The number of hydrogen-bond acceptors (Lipinski definition) is 4. The Balaban J connectivity index is 1.46. The molecule has 1 N–H and O–H groups in total. The smallest absolute Gasteiger partial charge is 0.162 e. The second-order valence-electron chi connectivity index (χ2n) is 6.31. The number of aryl methyl sites for hydroxylation is 2. The highest BCUT2D eigenvalue weighted by Crippen LogP contribution is 2.33. The topological polar surface area (TPSA) is 41.6 Å². The van der Waals surface area contributed by atoms with E-state index in [1.165, 1.54) is 11.1 Å². The molecular weight excluding hydrogens is 300 g/mol. The first kappa shape index (κ1) is 16.4. The highest BCUT2D eigenvalue weighted by atomic mass is 16.5. The predicted octanol–water partition coefficient (Wildman–Crippen LogP) is 3.78. The minimum atomic E-state index is -0.252. The number of rotatable bonds is 7. The number of carbonyl (C=O) groups excluding carboxylic acids is 1. The van der Waals surface area contributed by atoms with Crippen LogP contribution in [0.1, 0.15) is 24.0 Å². The van der Waals surface area contributed by atoms with Gasteiger partial charge in [0.05, 0.1) is 18.0 Å². The number of aldehydes is 1. The molecule has 1 aliphatic rings. The number of ether oxygens (including phenoxy) is 1. The van der Waals surface area contributed by atoms with Crippen LogP contribution >= 0.6 is 0 Å². The van der Waals surface area contributed by atoms with Gasteiger partial charge >= 0.3 is 0 Å². The fraction of sp³-hybridized carbons (Fsp3) is 0.350. The maximum atomic E-state index is 11.0. The summed E-state index contributed by atoms with van der Waals surface area (Å²) in [5.74, 6) is 0.945. The van der Waals surface area contributed by atoms with Gasteiger partial charge in [0.15, 0.2) is 12.5 Å². The zero-order valence-electron chi connectivity index (χ0n) is 14.3. The van der Waals surface area contributed by atoms with Gasteiger partial charge in [-0.15, -0.1) is 0 Å². The van der Waals surface area contributed by atoms with Gasteiger partial charge in [-0.25, -0.2) is 0 Å². The molecule has 1 atom stereocenters. The minimum absolute atomic E-state index is 0.252. The summed E-state index contributed by atoms with van der Waals surface area (Å²) < 4.78 is 5.79. The van der Waals surface area contributed by atoms with Gasteiger partial charge in [0, 0.05) is 7.05 Å². The van der Waals surface area contributed by atoms with Crippen LogP contribution in [0.3, 0.4) is 0 Å². The summed E-state index contributed by atoms with van der Waals surface area (Å²) in [6.07, 6.45) is 3.80. The Morgan fingerprint density at radius 1 is 1.21 bits per heavy atom. The van der Waals surface area contributed by atoms with E-state index < -0.39 is 0 Å². The Bertz CT molecular complexity index is 715. The van der Waals surface area contributed by atoms with Crippen LogP contribution in [0.5, 0.6) is 5.75 Å². The van der Waals surface area contributed by atoms with Crippen LogP contribution in [0, 0.1) is 6.92 Å². The number of nitrogens with one attached hydrogen (secondary N) is 1. The maximum Gasteiger partial charge on any atom is 0.162 e. The van der Waals surface area contributed by atoms with Crippen molar-refractivity contribution in [2.75, 3.05) is 23.9 Å². The predicted molar refractivity (Wildman–Crippen MR) is 97.9 cm³/mol. The maximum absolute atomic E-state index is 11.0. The molecule has 0 radical (unpaired) electrons. The van der Waals surface area contributed by atoms with Gasteiger partial charge in [0.25, 0.3) is 0 Å². The highest BCUT2D eigenvalue weighted by molar-refractivity contribution is 5.84. The molecule has 0 aliphatic carbocycles. The molecule has 0 aromatic heterocycles. The van der Waals surface area contributed by atoms with Crippen molar-refractivity contribution in [3.05, 3.63) is 53.6 Å². The molecule has 2 aromatic rings. The van der Waals surface area contributed by atoms with Crippen LogP contribution in [-0.2, 0) is 11.2 Å². The normalized spacial score (nSPS) is 15.8. The number of hydrogen-bond donors (Lipinski definition) is 1. The quantitative estimate of drug-likeness (QED) is 0.621. The highest BCUT2D eigenvalue weighted by Gasteiger charge is 2.24. The Labute approximate surface area is 143 Å². The number of fused-ring (bicyclic) bond motifs is 1. The Kier molecular flexibility index (Phi) is 5.04. The van der Waals surface area contributed by atoms with Crippen molar-refractivity contribution in [2.24, 2.45) is 0 Å². The van der Waals surface area contributed by atoms with E-state index in [9.17, 15) is 4.79 Å². The molecule has 1 aliphatic heterocycles. The average Bonchev–Trinajstić information content (AvgIpc) is 2.90. The van der Waals surface area contributed by atoms with E-state index in [4.69, 9.17) is 4.74 Å². The van der Waals surface area contributed by atoms with E-state index in [0.717, 1.165) is 49.3 Å². The molecule has 0 saturated heterocycles. The summed E-state index contributed by atoms with van der Waals surface area (Å²) in [5, 5.41) is 3.20. The van der Waals surface area contributed by atoms with Crippen molar-refractivity contribution in [2.45, 2.75) is 32.4 Å². The van der Waals surface area contributed by atoms with Crippen LogP contribution in [0.15, 0.2) is 42.5 Å². The summed E-state index contributed by atoms with van der Waals surface area (Å²) in [6, 6.07) is 14.5. The summed E-state index contributed by atoms with van der Waals surface area (Å²) in [5.41, 5.74) is 4.64. The second kappa shape index (κ2) is 7.39. The van der Waals surface area contributed by atoms with Gasteiger partial charge in [0.1, 0.15) is 5.75 Å². The number of anilines is 2. The number of likely N-dealkylation sites (N-methyl/N-ethyl adjacent to an activating group) is 1. The summed E-state index contributed by atoms with van der Waals surface area (Å²) >= 11 is 0. The molecule has 126 valence electrons. The van der Waals surface area contributed by atoms with E-state index in [2.05, 4.69) is 42.6 Å². The van der Waals surface area contributed by atoms with Crippen LogP contribution < -0.4 is 15.0 Å². The zero-order valence-corrected chi connectivity index (χ0v) is 14.3. The first-order valence-electron chi connectivity index (χ1n) is 8.44. The summed E-state index contributed by atoms with van der Waals surface area (Å²) in [7, 11) is 1.94. The SMILES string of the molecule is Cc1cccc(OCCCCc2ccc3c(c2)N(C)C(C=O)N3)c1. The van der Waals surface area contributed by atoms with Gasteiger partial charge in [-0.2, -0.15) is 0 Å². The van der Waals surface area contributed by atoms with Crippen molar-refractivity contribution in [1.82, 2.24) is 0 Å². The lowest BCUT2D eigenvalue weighted by Crippen LogP contribution is -2.33. The van der Waals surface area contributed by atoms with Crippen LogP contribution in [-0.4, -0.2) is 26.1 Å². The lowest BCUT2D eigenvalue weighted by molar-refractivity contribution is -0.108. The van der Waals surface area contributed by atoms with E-state index in [1.807, 2.05) is 24.1 Å². The van der Waals surface area contributed by atoms with Crippen molar-refractivity contribution >= 4 is 17.7 Å². The Hall–Kier alpha value is -2.49. The lowest BCUT2D eigenvalue weighted by atomic mass is 10.1. The number of carbonyl (C=O) groups is 1. The first-order valence-corrected chi connectivity index (χ1v) is 8.44.